The molecule has 0 unspecified atom stereocenters. The fourth-order valence-electron chi connectivity index (χ4n) is 0.850. The molecule has 0 amide bonds. The molecule has 0 aliphatic carbocycles. The zero-order valence-electron chi connectivity index (χ0n) is 6.20. The Bertz CT molecular complexity index is 338. The van der Waals surface area contributed by atoms with Crippen LogP contribution in [0.15, 0.2) is 16.6 Å². The molecular formula is C8H5BrClIO. The molecule has 0 bridgehead atoms. The molecule has 1 aromatic carbocycles. The lowest BCUT2D eigenvalue weighted by Gasteiger charge is -2.04. The van der Waals surface area contributed by atoms with Crippen LogP contribution in [0.4, 0.5) is 0 Å². The van der Waals surface area contributed by atoms with E-state index in [9.17, 15) is 4.79 Å². The largest absolute Gasteiger partial charge is 0.294 e. The summed E-state index contributed by atoms with van der Waals surface area (Å²) in [7, 11) is 0. The molecular weight excluding hydrogens is 354 g/mol. The molecule has 0 heterocycles. The number of hydrogen-bond acceptors (Lipinski definition) is 1. The lowest BCUT2D eigenvalue weighted by atomic mass is 10.1. The molecule has 0 spiro atoms. The van der Waals surface area contributed by atoms with Gasteiger partial charge in [-0.2, -0.15) is 0 Å². The Hall–Kier alpha value is 0.390. The van der Waals surface area contributed by atoms with Crippen molar-refractivity contribution < 1.29 is 4.79 Å². The smallest absolute Gasteiger partial charge is 0.162 e. The van der Waals surface area contributed by atoms with E-state index in [1.165, 1.54) is 6.92 Å². The van der Waals surface area contributed by atoms with E-state index < -0.39 is 0 Å². The third kappa shape index (κ3) is 2.00. The van der Waals surface area contributed by atoms with Crippen molar-refractivity contribution in [2.75, 3.05) is 0 Å². The van der Waals surface area contributed by atoms with Gasteiger partial charge in [-0.1, -0.05) is 11.6 Å². The van der Waals surface area contributed by atoms with Gasteiger partial charge in [-0.3, -0.25) is 4.79 Å². The molecule has 0 saturated heterocycles. The molecule has 0 saturated carbocycles. The maximum atomic E-state index is 11.1. The normalized spacial score (nSPS) is 10.0. The van der Waals surface area contributed by atoms with Crippen molar-refractivity contribution in [2.45, 2.75) is 6.92 Å². The van der Waals surface area contributed by atoms with E-state index in [0.717, 1.165) is 8.04 Å². The quantitative estimate of drug-likeness (QED) is 0.422. The van der Waals surface area contributed by atoms with E-state index in [1.807, 2.05) is 6.07 Å². The summed E-state index contributed by atoms with van der Waals surface area (Å²) in [5.74, 6) is -0.0228. The van der Waals surface area contributed by atoms with Gasteiger partial charge in [0.25, 0.3) is 0 Å². The highest BCUT2D eigenvalue weighted by molar-refractivity contribution is 14.1. The maximum Gasteiger partial charge on any atom is 0.162 e. The Kier molecular flexibility index (Phi) is 3.55. The molecule has 0 N–H and O–H groups in total. The summed E-state index contributed by atoms with van der Waals surface area (Å²) in [4.78, 5) is 11.1. The van der Waals surface area contributed by atoms with Gasteiger partial charge in [0.1, 0.15) is 0 Å². The lowest BCUT2D eigenvalue weighted by Crippen LogP contribution is -1.96. The first-order chi connectivity index (χ1) is 5.54. The standard InChI is InChI=1S/C8H5BrClIO/c1-4(12)7-5(10)2-3-6(11)8(7)9/h2-3H,1H3. The van der Waals surface area contributed by atoms with E-state index in [-0.39, 0.29) is 5.78 Å². The van der Waals surface area contributed by atoms with E-state index in [0.29, 0.717) is 10.6 Å². The summed E-state index contributed by atoms with van der Waals surface area (Å²) in [6.45, 7) is 1.50. The highest BCUT2D eigenvalue weighted by atomic mass is 127. The van der Waals surface area contributed by atoms with Gasteiger partial charge in [0.2, 0.25) is 0 Å². The van der Waals surface area contributed by atoms with Gasteiger partial charge in [0.05, 0.1) is 10.6 Å². The summed E-state index contributed by atoms with van der Waals surface area (Å²) in [6.07, 6.45) is 0. The van der Waals surface area contributed by atoms with Gasteiger partial charge < -0.3 is 0 Å². The summed E-state index contributed by atoms with van der Waals surface area (Å²) >= 11 is 11.3. The highest BCUT2D eigenvalue weighted by Gasteiger charge is 2.12. The Morgan fingerprint density at radius 3 is 2.58 bits per heavy atom. The van der Waals surface area contributed by atoms with Crippen LogP contribution in [0, 0.1) is 3.57 Å². The lowest BCUT2D eigenvalue weighted by molar-refractivity contribution is 0.101. The number of carbonyl (C=O) groups is 1. The van der Waals surface area contributed by atoms with Crippen molar-refractivity contribution in [3.63, 3.8) is 0 Å². The minimum atomic E-state index is -0.0228. The van der Waals surface area contributed by atoms with Crippen LogP contribution in [0.3, 0.4) is 0 Å². The van der Waals surface area contributed by atoms with E-state index in [1.54, 1.807) is 6.07 Å². The second-order valence-corrected chi connectivity index (χ2v) is 4.64. The number of ketones is 1. The number of benzene rings is 1. The van der Waals surface area contributed by atoms with Crippen LogP contribution in [-0.4, -0.2) is 5.78 Å². The van der Waals surface area contributed by atoms with E-state index >= 15 is 0 Å². The Morgan fingerprint density at radius 2 is 2.17 bits per heavy atom. The summed E-state index contributed by atoms with van der Waals surface area (Å²) < 4.78 is 1.77. The van der Waals surface area contributed by atoms with Gasteiger partial charge >= 0.3 is 0 Å². The van der Waals surface area contributed by atoms with Crippen molar-refractivity contribution >= 4 is 55.9 Å². The van der Waals surface area contributed by atoms with Gasteiger partial charge in [-0.25, -0.2) is 0 Å². The van der Waals surface area contributed by atoms with Gasteiger partial charge in [0, 0.05) is 8.04 Å². The van der Waals surface area contributed by atoms with Crippen molar-refractivity contribution in [3.05, 3.63) is 30.8 Å². The van der Waals surface area contributed by atoms with Gasteiger partial charge in [0.15, 0.2) is 5.78 Å². The molecule has 4 heteroatoms. The van der Waals surface area contributed by atoms with E-state index in [2.05, 4.69) is 38.5 Å². The molecule has 0 aliphatic rings. The highest BCUT2D eigenvalue weighted by Crippen LogP contribution is 2.29. The third-order valence-electron chi connectivity index (χ3n) is 1.40. The molecule has 1 aromatic rings. The molecule has 64 valence electrons. The number of halogens is 3. The predicted molar refractivity (Wildman–Crippen MR) is 61.9 cm³/mol. The van der Waals surface area contributed by atoms with Crippen LogP contribution >= 0.6 is 50.1 Å². The van der Waals surface area contributed by atoms with Crippen LogP contribution in [-0.2, 0) is 0 Å². The average Bonchev–Trinajstić information content (AvgIpc) is 1.97. The predicted octanol–water partition coefficient (Wildman–Crippen LogP) is 3.91. The second kappa shape index (κ2) is 4.07. The first-order valence-electron chi connectivity index (χ1n) is 3.18. The van der Waals surface area contributed by atoms with Crippen molar-refractivity contribution in [2.24, 2.45) is 0 Å². The van der Waals surface area contributed by atoms with E-state index in [4.69, 9.17) is 11.6 Å². The number of Topliss-reactive ketones (excluding diaryl/α,β-unsaturated/α-hetero) is 1. The first-order valence-corrected chi connectivity index (χ1v) is 5.43. The van der Waals surface area contributed by atoms with Crippen LogP contribution in [0.2, 0.25) is 5.02 Å². The molecule has 0 aliphatic heterocycles. The monoisotopic (exact) mass is 358 g/mol. The van der Waals surface area contributed by atoms with Gasteiger partial charge in [-0.05, 0) is 57.6 Å². The fourth-order valence-corrected chi connectivity index (χ4v) is 2.33. The minimum absolute atomic E-state index is 0.0228. The minimum Gasteiger partial charge on any atom is -0.294 e. The van der Waals surface area contributed by atoms with Crippen LogP contribution in [0.5, 0.6) is 0 Å². The third-order valence-corrected chi connectivity index (χ3v) is 4.17. The SMILES string of the molecule is CC(=O)c1c(Cl)ccc(I)c1Br. The van der Waals surface area contributed by atoms with Crippen LogP contribution in [0.1, 0.15) is 17.3 Å². The first kappa shape index (κ1) is 10.5. The second-order valence-electron chi connectivity index (χ2n) is 2.27. The molecule has 0 aromatic heterocycles. The Labute approximate surface area is 97.8 Å². The molecule has 0 fully saturated rings. The molecule has 12 heavy (non-hydrogen) atoms. The zero-order chi connectivity index (χ0) is 9.30. The zero-order valence-corrected chi connectivity index (χ0v) is 10.7. The number of hydrogen-bond donors (Lipinski definition) is 0. The summed E-state index contributed by atoms with van der Waals surface area (Å²) in [6, 6.07) is 3.59. The van der Waals surface area contributed by atoms with Gasteiger partial charge in [-0.15, -0.1) is 0 Å². The molecule has 1 rings (SSSR count). The Balaban J connectivity index is 3.43. The summed E-state index contributed by atoms with van der Waals surface area (Å²) in [5, 5.41) is 0.495. The van der Waals surface area contributed by atoms with Crippen molar-refractivity contribution in [3.8, 4) is 0 Å². The molecule has 1 nitrogen and oxygen atoms in total. The average molecular weight is 359 g/mol. The maximum absolute atomic E-state index is 11.1. The van der Waals surface area contributed by atoms with Crippen LogP contribution in [0.25, 0.3) is 0 Å². The van der Waals surface area contributed by atoms with Crippen molar-refractivity contribution in [1.29, 1.82) is 0 Å². The topological polar surface area (TPSA) is 17.1 Å². The fraction of sp³-hybridized carbons (Fsp3) is 0.125. The summed E-state index contributed by atoms with van der Waals surface area (Å²) in [5.41, 5.74) is 0.559. The van der Waals surface area contributed by atoms with Crippen LogP contribution < -0.4 is 0 Å². The molecule has 0 radical (unpaired) electrons. The van der Waals surface area contributed by atoms with Crippen molar-refractivity contribution in [1.82, 2.24) is 0 Å². The molecule has 0 atom stereocenters. The number of carbonyl (C=O) groups excluding carboxylic acids is 1. The number of rotatable bonds is 1. The Morgan fingerprint density at radius 1 is 1.58 bits per heavy atom.